The van der Waals surface area contributed by atoms with Crippen LogP contribution in [0.3, 0.4) is 0 Å². The van der Waals surface area contributed by atoms with Crippen LogP contribution < -0.4 is 5.32 Å². The van der Waals surface area contributed by atoms with Crippen molar-refractivity contribution in [2.24, 2.45) is 5.92 Å². The van der Waals surface area contributed by atoms with Crippen molar-refractivity contribution in [3.05, 3.63) is 27.7 Å². The largest absolute Gasteiger partial charge is 0.316 e. The smallest absolute Gasteiger partial charge is 0.244 e. The summed E-state index contributed by atoms with van der Waals surface area (Å²) in [5, 5.41) is 3.07. The molecule has 1 aliphatic rings. The lowest BCUT2D eigenvalue weighted by Gasteiger charge is -2.25. The predicted molar refractivity (Wildman–Crippen MR) is 88.8 cm³/mol. The first-order chi connectivity index (χ1) is 9.78. The third kappa shape index (κ3) is 3.50. The first-order valence-electron chi connectivity index (χ1n) is 7.20. The van der Waals surface area contributed by atoms with Gasteiger partial charge in [-0.05, 0) is 72.8 Å². The quantitative estimate of drug-likeness (QED) is 0.832. The van der Waals surface area contributed by atoms with Crippen LogP contribution in [0.25, 0.3) is 0 Å². The second kappa shape index (κ2) is 6.36. The molecule has 0 aromatic heterocycles. The highest BCUT2D eigenvalue weighted by Crippen LogP contribution is 2.37. The van der Waals surface area contributed by atoms with Crippen molar-refractivity contribution in [3.8, 4) is 0 Å². The molecule has 1 aromatic carbocycles. The fourth-order valence-corrected chi connectivity index (χ4v) is 5.00. The predicted octanol–water partition coefficient (Wildman–Crippen LogP) is 2.90. The second-order valence-corrected chi connectivity index (χ2v) is 8.61. The van der Waals surface area contributed by atoms with Gasteiger partial charge in [0.25, 0.3) is 0 Å². The van der Waals surface area contributed by atoms with Gasteiger partial charge in [-0.1, -0.05) is 6.07 Å². The minimum Gasteiger partial charge on any atom is -0.316 e. The van der Waals surface area contributed by atoms with E-state index in [9.17, 15) is 8.42 Å². The molecule has 1 N–H and O–H groups in total. The second-order valence-electron chi connectivity index (χ2n) is 5.85. The fraction of sp³-hybridized carbons (Fsp3) is 0.600. The topological polar surface area (TPSA) is 49.4 Å². The first kappa shape index (κ1) is 16.9. The van der Waals surface area contributed by atoms with Crippen LogP contribution in [0.5, 0.6) is 0 Å². The van der Waals surface area contributed by atoms with Crippen LogP contribution in [0, 0.1) is 12.8 Å². The molecule has 1 unspecified atom stereocenters. The van der Waals surface area contributed by atoms with Gasteiger partial charge in [0.2, 0.25) is 10.0 Å². The summed E-state index contributed by atoms with van der Waals surface area (Å²) in [7, 11) is 0.0608. The average molecular weight is 375 g/mol. The van der Waals surface area contributed by atoms with E-state index in [-0.39, 0.29) is 6.04 Å². The number of hydrogen-bond donors (Lipinski definition) is 1. The maximum atomic E-state index is 12.9. The lowest BCUT2D eigenvalue weighted by atomic mass is 10.1. The SMILES string of the molecule is CNCc1cc(C)c(Br)c(S(=O)(=O)N(C)C(C)C2CC2)c1. The van der Waals surface area contributed by atoms with Crippen molar-refractivity contribution in [1.29, 1.82) is 0 Å². The summed E-state index contributed by atoms with van der Waals surface area (Å²) in [6.07, 6.45) is 2.25. The summed E-state index contributed by atoms with van der Waals surface area (Å²) < 4.78 is 28.0. The molecular weight excluding hydrogens is 352 g/mol. The Morgan fingerprint density at radius 2 is 2.05 bits per heavy atom. The average Bonchev–Trinajstić information content (AvgIpc) is 3.25. The van der Waals surface area contributed by atoms with Gasteiger partial charge in [-0.15, -0.1) is 0 Å². The van der Waals surface area contributed by atoms with Crippen molar-refractivity contribution in [2.45, 2.75) is 44.2 Å². The van der Waals surface area contributed by atoms with Crippen molar-refractivity contribution >= 4 is 26.0 Å². The maximum absolute atomic E-state index is 12.9. The molecular formula is C15H23BrN2O2S. The van der Waals surface area contributed by atoms with Gasteiger partial charge in [-0.3, -0.25) is 0 Å². The molecule has 0 saturated heterocycles. The number of hydrogen-bond acceptors (Lipinski definition) is 3. The van der Waals surface area contributed by atoms with E-state index in [4.69, 9.17) is 0 Å². The summed E-state index contributed by atoms with van der Waals surface area (Å²) in [6, 6.07) is 3.82. The van der Waals surface area contributed by atoms with E-state index in [0.29, 0.717) is 21.8 Å². The number of aryl methyl sites for hydroxylation is 1. The van der Waals surface area contributed by atoms with Crippen molar-refractivity contribution in [2.75, 3.05) is 14.1 Å². The van der Waals surface area contributed by atoms with E-state index >= 15 is 0 Å². The van der Waals surface area contributed by atoms with Crippen LogP contribution in [0.4, 0.5) is 0 Å². The Hall–Kier alpha value is -0.430. The van der Waals surface area contributed by atoms with E-state index in [1.54, 1.807) is 13.1 Å². The number of benzene rings is 1. The zero-order chi connectivity index (χ0) is 15.8. The summed E-state index contributed by atoms with van der Waals surface area (Å²) >= 11 is 3.45. The Balaban J connectivity index is 2.42. The Kier molecular flexibility index (Phi) is 5.13. The number of halogens is 1. The molecule has 0 heterocycles. The number of nitrogens with zero attached hydrogens (tertiary/aromatic N) is 1. The van der Waals surface area contributed by atoms with Gasteiger partial charge in [-0.25, -0.2) is 8.42 Å². The molecule has 1 saturated carbocycles. The molecule has 1 fully saturated rings. The van der Waals surface area contributed by atoms with Crippen molar-refractivity contribution in [3.63, 3.8) is 0 Å². The van der Waals surface area contributed by atoms with E-state index in [0.717, 1.165) is 24.0 Å². The third-order valence-electron chi connectivity index (χ3n) is 4.20. The molecule has 0 amide bonds. The van der Waals surface area contributed by atoms with Gasteiger partial charge in [0.15, 0.2) is 0 Å². The Bertz CT molecular complexity index is 627. The normalized spacial score (nSPS) is 17.2. The Labute approximate surface area is 136 Å². The van der Waals surface area contributed by atoms with Crippen molar-refractivity contribution < 1.29 is 8.42 Å². The van der Waals surface area contributed by atoms with Crippen LogP contribution >= 0.6 is 15.9 Å². The van der Waals surface area contributed by atoms with Gasteiger partial charge in [0.05, 0.1) is 4.90 Å². The highest BCUT2D eigenvalue weighted by atomic mass is 79.9. The molecule has 21 heavy (non-hydrogen) atoms. The minimum atomic E-state index is -3.48. The van der Waals surface area contributed by atoms with E-state index in [1.165, 1.54) is 4.31 Å². The van der Waals surface area contributed by atoms with Crippen LogP contribution in [0.2, 0.25) is 0 Å². The van der Waals surface area contributed by atoms with Crippen LogP contribution in [-0.4, -0.2) is 32.9 Å². The van der Waals surface area contributed by atoms with Crippen LogP contribution in [-0.2, 0) is 16.6 Å². The van der Waals surface area contributed by atoms with Gasteiger partial charge in [0.1, 0.15) is 0 Å². The van der Waals surface area contributed by atoms with Crippen molar-refractivity contribution in [1.82, 2.24) is 9.62 Å². The molecule has 0 radical (unpaired) electrons. The van der Waals surface area contributed by atoms with Gasteiger partial charge in [0, 0.05) is 24.1 Å². The molecule has 6 heteroatoms. The number of sulfonamides is 1. The summed E-state index contributed by atoms with van der Waals surface area (Å²) in [4.78, 5) is 0.364. The minimum absolute atomic E-state index is 0.0511. The lowest BCUT2D eigenvalue weighted by Crippen LogP contribution is -2.36. The molecule has 4 nitrogen and oxygen atoms in total. The summed E-state index contributed by atoms with van der Waals surface area (Å²) in [6.45, 7) is 4.57. The zero-order valence-electron chi connectivity index (χ0n) is 13.0. The highest BCUT2D eigenvalue weighted by molar-refractivity contribution is 9.10. The third-order valence-corrected chi connectivity index (χ3v) is 7.48. The lowest BCUT2D eigenvalue weighted by molar-refractivity contribution is 0.356. The summed E-state index contributed by atoms with van der Waals surface area (Å²) in [5.41, 5.74) is 1.91. The maximum Gasteiger partial charge on any atom is 0.244 e. The van der Waals surface area contributed by atoms with Crippen LogP contribution in [0.15, 0.2) is 21.5 Å². The molecule has 0 bridgehead atoms. The number of rotatable bonds is 6. The zero-order valence-corrected chi connectivity index (χ0v) is 15.4. The van der Waals surface area contributed by atoms with Gasteiger partial charge < -0.3 is 5.32 Å². The van der Waals surface area contributed by atoms with E-state index < -0.39 is 10.0 Å². The van der Waals surface area contributed by atoms with E-state index in [2.05, 4.69) is 21.2 Å². The molecule has 1 atom stereocenters. The Morgan fingerprint density at radius 3 is 2.57 bits per heavy atom. The standard InChI is InChI=1S/C15H23BrN2O2S/c1-10-7-12(9-17-3)8-14(15(10)16)21(19,20)18(4)11(2)13-5-6-13/h7-8,11,13,17H,5-6,9H2,1-4H3. The Morgan fingerprint density at radius 1 is 1.43 bits per heavy atom. The molecule has 2 rings (SSSR count). The monoisotopic (exact) mass is 374 g/mol. The van der Waals surface area contributed by atoms with Crippen LogP contribution in [0.1, 0.15) is 30.9 Å². The molecule has 1 aliphatic carbocycles. The molecule has 1 aromatic rings. The van der Waals surface area contributed by atoms with Gasteiger partial charge in [-0.2, -0.15) is 4.31 Å². The first-order valence-corrected chi connectivity index (χ1v) is 9.44. The van der Waals surface area contributed by atoms with Gasteiger partial charge >= 0.3 is 0 Å². The molecule has 0 spiro atoms. The fourth-order valence-electron chi connectivity index (χ4n) is 2.55. The highest BCUT2D eigenvalue weighted by Gasteiger charge is 2.36. The molecule has 118 valence electrons. The van der Waals surface area contributed by atoms with E-state index in [1.807, 2.05) is 27.0 Å². The summed E-state index contributed by atoms with van der Waals surface area (Å²) in [5.74, 6) is 0.505. The molecule has 0 aliphatic heterocycles. The number of nitrogens with one attached hydrogen (secondary N) is 1.